The summed E-state index contributed by atoms with van der Waals surface area (Å²) in [4.78, 5) is 17.4. The van der Waals surface area contributed by atoms with Crippen molar-refractivity contribution >= 4 is 17.0 Å². The first-order chi connectivity index (χ1) is 15.4. The molecule has 0 amide bonds. The molecule has 3 aromatic carbocycles. The number of aromatic nitrogens is 2. The minimum Gasteiger partial charge on any atom is -0.490 e. The average Bonchev–Trinajstić information content (AvgIpc) is 3.15. The van der Waals surface area contributed by atoms with Crippen molar-refractivity contribution in [1.82, 2.24) is 9.55 Å². The van der Waals surface area contributed by atoms with Crippen molar-refractivity contribution < 1.29 is 14.3 Å². The van der Waals surface area contributed by atoms with Gasteiger partial charge in [0.1, 0.15) is 31.3 Å². The molecule has 0 spiro atoms. The van der Waals surface area contributed by atoms with Gasteiger partial charge in [0.25, 0.3) is 0 Å². The first-order valence-corrected chi connectivity index (χ1v) is 10.8. The van der Waals surface area contributed by atoms with Crippen LogP contribution in [0.2, 0.25) is 0 Å². The fraction of sp³-hybridized carbons (Fsp3) is 0.259. The molecule has 32 heavy (non-hydrogen) atoms. The summed E-state index contributed by atoms with van der Waals surface area (Å²) in [6.45, 7) is 7.15. The van der Waals surface area contributed by atoms with Crippen LogP contribution >= 0.6 is 0 Å². The Kier molecular flexibility index (Phi) is 6.26. The SMILES string of the molecule is CC(C)(C)c1ccc(-c2nc3ccccc3n2CC(=O)OCCOc2ccccc2)cc1. The lowest BCUT2D eigenvalue weighted by atomic mass is 9.87. The van der Waals surface area contributed by atoms with E-state index in [2.05, 4.69) is 45.0 Å². The van der Waals surface area contributed by atoms with E-state index in [0.29, 0.717) is 6.61 Å². The van der Waals surface area contributed by atoms with Gasteiger partial charge in [-0.3, -0.25) is 4.79 Å². The lowest BCUT2D eigenvalue weighted by Crippen LogP contribution is -2.18. The lowest BCUT2D eigenvalue weighted by Gasteiger charge is -2.19. The molecular weight excluding hydrogens is 400 g/mol. The molecule has 0 aliphatic carbocycles. The number of nitrogens with zero attached hydrogens (tertiary/aromatic N) is 2. The van der Waals surface area contributed by atoms with Gasteiger partial charge in [-0.25, -0.2) is 4.98 Å². The second-order valence-electron chi connectivity index (χ2n) is 8.72. The van der Waals surface area contributed by atoms with Crippen LogP contribution < -0.4 is 4.74 Å². The van der Waals surface area contributed by atoms with E-state index in [-0.39, 0.29) is 24.5 Å². The number of esters is 1. The van der Waals surface area contributed by atoms with E-state index < -0.39 is 0 Å². The van der Waals surface area contributed by atoms with E-state index in [9.17, 15) is 4.79 Å². The average molecular weight is 429 g/mol. The fourth-order valence-electron chi connectivity index (χ4n) is 3.58. The Hall–Kier alpha value is -3.60. The fourth-order valence-corrected chi connectivity index (χ4v) is 3.58. The van der Waals surface area contributed by atoms with Crippen molar-refractivity contribution in [2.75, 3.05) is 13.2 Å². The molecule has 0 aliphatic rings. The molecule has 5 nitrogen and oxygen atoms in total. The minimum absolute atomic E-state index is 0.0737. The van der Waals surface area contributed by atoms with Gasteiger partial charge >= 0.3 is 5.97 Å². The number of hydrogen-bond donors (Lipinski definition) is 0. The van der Waals surface area contributed by atoms with Crippen LogP contribution in [0, 0.1) is 0 Å². The summed E-state index contributed by atoms with van der Waals surface area (Å²) in [5, 5.41) is 0. The Labute approximate surface area is 188 Å². The highest BCUT2D eigenvalue weighted by Gasteiger charge is 2.18. The topological polar surface area (TPSA) is 53.4 Å². The van der Waals surface area contributed by atoms with Gasteiger partial charge in [-0.1, -0.05) is 75.4 Å². The maximum Gasteiger partial charge on any atom is 0.326 e. The Morgan fingerprint density at radius 2 is 1.56 bits per heavy atom. The van der Waals surface area contributed by atoms with Gasteiger partial charge in [0.05, 0.1) is 11.0 Å². The molecule has 1 aromatic heterocycles. The molecule has 0 N–H and O–H groups in total. The van der Waals surface area contributed by atoms with Gasteiger partial charge in [0.2, 0.25) is 0 Å². The number of hydrogen-bond acceptors (Lipinski definition) is 4. The highest BCUT2D eigenvalue weighted by Crippen LogP contribution is 2.28. The number of rotatable bonds is 7. The summed E-state index contributed by atoms with van der Waals surface area (Å²) in [6.07, 6.45) is 0. The maximum absolute atomic E-state index is 12.6. The monoisotopic (exact) mass is 428 g/mol. The lowest BCUT2D eigenvalue weighted by molar-refractivity contribution is -0.145. The maximum atomic E-state index is 12.6. The molecule has 0 fully saturated rings. The van der Waals surface area contributed by atoms with E-state index in [1.54, 1.807) is 0 Å². The van der Waals surface area contributed by atoms with Crippen LogP contribution in [0.25, 0.3) is 22.4 Å². The zero-order valence-electron chi connectivity index (χ0n) is 18.7. The predicted molar refractivity (Wildman–Crippen MR) is 127 cm³/mol. The van der Waals surface area contributed by atoms with Crippen LogP contribution in [0.3, 0.4) is 0 Å². The number of para-hydroxylation sites is 3. The number of fused-ring (bicyclic) bond motifs is 1. The Balaban J connectivity index is 1.49. The highest BCUT2D eigenvalue weighted by atomic mass is 16.6. The van der Waals surface area contributed by atoms with E-state index in [0.717, 1.165) is 28.2 Å². The van der Waals surface area contributed by atoms with E-state index in [1.807, 2.05) is 59.2 Å². The van der Waals surface area contributed by atoms with Crippen LogP contribution in [0.4, 0.5) is 0 Å². The third-order valence-electron chi connectivity index (χ3n) is 5.31. The quantitative estimate of drug-likeness (QED) is 0.283. The van der Waals surface area contributed by atoms with Gasteiger partial charge in [0.15, 0.2) is 0 Å². The van der Waals surface area contributed by atoms with E-state index in [1.165, 1.54) is 5.56 Å². The normalized spacial score (nSPS) is 11.5. The molecule has 4 rings (SSSR count). The minimum atomic E-state index is -0.322. The highest BCUT2D eigenvalue weighted by molar-refractivity contribution is 5.83. The molecule has 5 heteroatoms. The molecule has 4 aromatic rings. The van der Waals surface area contributed by atoms with Crippen LogP contribution in [0.1, 0.15) is 26.3 Å². The molecule has 0 saturated carbocycles. The van der Waals surface area contributed by atoms with E-state index in [4.69, 9.17) is 14.5 Å². The summed E-state index contributed by atoms with van der Waals surface area (Å²) < 4.78 is 12.9. The Morgan fingerprint density at radius 1 is 0.875 bits per heavy atom. The van der Waals surface area contributed by atoms with Crippen molar-refractivity contribution in [2.45, 2.75) is 32.7 Å². The Morgan fingerprint density at radius 3 is 2.28 bits per heavy atom. The van der Waals surface area contributed by atoms with Crippen LogP contribution in [-0.4, -0.2) is 28.7 Å². The van der Waals surface area contributed by atoms with Gasteiger partial charge in [-0.05, 0) is 35.2 Å². The standard InChI is InChI=1S/C27H28N2O3/c1-27(2,3)21-15-13-20(14-16-21)26-28-23-11-7-8-12-24(23)29(26)19-25(30)32-18-17-31-22-9-5-4-6-10-22/h4-16H,17-19H2,1-3H3. The second-order valence-corrected chi connectivity index (χ2v) is 8.72. The Bertz CT molecular complexity index is 1190. The number of carbonyl (C=O) groups excluding carboxylic acids is 1. The van der Waals surface area contributed by atoms with Crippen LogP contribution in [0.5, 0.6) is 5.75 Å². The smallest absolute Gasteiger partial charge is 0.326 e. The third kappa shape index (κ3) is 4.99. The summed E-state index contributed by atoms with van der Waals surface area (Å²) in [7, 11) is 0. The summed E-state index contributed by atoms with van der Waals surface area (Å²) in [6, 6.07) is 25.7. The number of carbonyl (C=O) groups is 1. The molecule has 0 radical (unpaired) electrons. The molecular formula is C27H28N2O3. The summed E-state index contributed by atoms with van der Waals surface area (Å²) in [5.74, 6) is 1.19. The summed E-state index contributed by atoms with van der Waals surface area (Å²) >= 11 is 0. The first-order valence-electron chi connectivity index (χ1n) is 10.8. The van der Waals surface area contributed by atoms with Crippen LogP contribution in [0.15, 0.2) is 78.9 Å². The molecule has 1 heterocycles. The molecule has 0 bridgehead atoms. The van der Waals surface area contributed by atoms with Gasteiger partial charge in [-0.2, -0.15) is 0 Å². The van der Waals surface area contributed by atoms with Crippen molar-refractivity contribution in [2.24, 2.45) is 0 Å². The molecule has 0 aliphatic heterocycles. The molecule has 0 atom stereocenters. The number of ether oxygens (including phenoxy) is 2. The third-order valence-corrected chi connectivity index (χ3v) is 5.31. The van der Waals surface area contributed by atoms with Gasteiger partial charge in [-0.15, -0.1) is 0 Å². The van der Waals surface area contributed by atoms with Crippen molar-refractivity contribution in [3.63, 3.8) is 0 Å². The predicted octanol–water partition coefficient (Wildman–Crippen LogP) is 5.62. The van der Waals surface area contributed by atoms with Crippen molar-refractivity contribution in [3.8, 4) is 17.1 Å². The largest absolute Gasteiger partial charge is 0.490 e. The second kappa shape index (κ2) is 9.27. The first kappa shape index (κ1) is 21.6. The summed E-state index contributed by atoms with van der Waals surface area (Å²) in [5.41, 5.74) is 4.04. The van der Waals surface area contributed by atoms with Gasteiger partial charge < -0.3 is 14.0 Å². The number of imidazole rings is 1. The molecule has 0 unspecified atom stereocenters. The zero-order valence-corrected chi connectivity index (χ0v) is 18.7. The number of benzene rings is 3. The van der Waals surface area contributed by atoms with Crippen molar-refractivity contribution in [1.29, 1.82) is 0 Å². The van der Waals surface area contributed by atoms with Crippen molar-refractivity contribution in [3.05, 3.63) is 84.4 Å². The molecule has 164 valence electrons. The molecule has 0 saturated heterocycles. The van der Waals surface area contributed by atoms with Crippen LogP contribution in [-0.2, 0) is 21.5 Å². The zero-order chi connectivity index (χ0) is 22.6. The van der Waals surface area contributed by atoms with Gasteiger partial charge in [0, 0.05) is 5.56 Å². The van der Waals surface area contributed by atoms with E-state index >= 15 is 0 Å².